The van der Waals surface area contributed by atoms with Crippen molar-refractivity contribution in [3.63, 3.8) is 0 Å². The highest BCUT2D eigenvalue weighted by atomic mass is 16.5. The van der Waals surface area contributed by atoms with Crippen LogP contribution in [0.1, 0.15) is 28.8 Å². The Morgan fingerprint density at radius 3 is 2.80 bits per heavy atom. The number of ether oxygens (including phenoxy) is 1. The molecule has 1 aliphatic heterocycles. The first-order valence-electron chi connectivity index (χ1n) is 6.65. The summed E-state index contributed by atoms with van der Waals surface area (Å²) in [4.78, 5) is 36.5. The lowest BCUT2D eigenvalue weighted by molar-refractivity contribution is -0.144. The molecule has 0 saturated heterocycles. The standard InChI is InChI=1S/C15H15NO4/c1-16-12-5-4-10(6-11(12)7-14(16)18)13(17)8-20-15(19)9-2-3-9/h4-6,9H,2-3,7-8H2,1H3. The number of fused-ring (bicyclic) bond motifs is 1. The number of esters is 1. The van der Waals surface area contributed by atoms with Crippen LogP contribution in [0.5, 0.6) is 0 Å². The molecule has 1 aromatic carbocycles. The monoisotopic (exact) mass is 273 g/mol. The number of carbonyl (C=O) groups is 3. The quantitative estimate of drug-likeness (QED) is 0.613. The zero-order chi connectivity index (χ0) is 14.3. The van der Waals surface area contributed by atoms with E-state index in [0.29, 0.717) is 12.0 Å². The number of nitrogens with zero attached hydrogens (tertiary/aromatic N) is 1. The Kier molecular flexibility index (Phi) is 3.04. The average Bonchev–Trinajstić information content (AvgIpc) is 3.24. The Bertz CT molecular complexity index is 604. The zero-order valence-corrected chi connectivity index (χ0v) is 11.2. The van der Waals surface area contributed by atoms with Crippen molar-refractivity contribution in [1.29, 1.82) is 0 Å². The van der Waals surface area contributed by atoms with Crippen molar-refractivity contribution in [3.8, 4) is 0 Å². The predicted octanol–water partition coefficient (Wildman–Crippen LogP) is 1.34. The largest absolute Gasteiger partial charge is 0.457 e. The van der Waals surface area contributed by atoms with Crippen molar-refractivity contribution >= 4 is 23.3 Å². The lowest BCUT2D eigenvalue weighted by Crippen LogP contribution is -2.20. The molecule has 1 fully saturated rings. The summed E-state index contributed by atoms with van der Waals surface area (Å²) in [6.07, 6.45) is 2.04. The second kappa shape index (κ2) is 4.74. The van der Waals surface area contributed by atoms with E-state index in [1.165, 1.54) is 0 Å². The molecule has 0 spiro atoms. The highest BCUT2D eigenvalue weighted by molar-refractivity contribution is 6.04. The van der Waals surface area contributed by atoms with Crippen molar-refractivity contribution < 1.29 is 19.1 Å². The molecule has 1 aromatic rings. The molecule has 3 rings (SSSR count). The predicted molar refractivity (Wildman–Crippen MR) is 71.6 cm³/mol. The first-order valence-corrected chi connectivity index (χ1v) is 6.65. The number of likely N-dealkylation sites (N-methyl/N-ethyl adjacent to an activating group) is 1. The van der Waals surface area contributed by atoms with E-state index in [9.17, 15) is 14.4 Å². The van der Waals surface area contributed by atoms with E-state index >= 15 is 0 Å². The van der Waals surface area contributed by atoms with Crippen molar-refractivity contribution in [1.82, 2.24) is 0 Å². The van der Waals surface area contributed by atoms with Gasteiger partial charge in [0.15, 0.2) is 12.4 Å². The molecule has 0 N–H and O–H groups in total. The molecule has 1 aliphatic carbocycles. The van der Waals surface area contributed by atoms with E-state index in [2.05, 4.69) is 0 Å². The average molecular weight is 273 g/mol. The number of rotatable bonds is 4. The highest BCUT2D eigenvalue weighted by Gasteiger charge is 2.31. The normalized spacial score (nSPS) is 17.1. The first kappa shape index (κ1) is 12.8. The van der Waals surface area contributed by atoms with E-state index < -0.39 is 0 Å². The van der Waals surface area contributed by atoms with Crippen molar-refractivity contribution in [3.05, 3.63) is 29.3 Å². The third-order valence-electron chi connectivity index (χ3n) is 3.73. The van der Waals surface area contributed by atoms with Gasteiger partial charge in [-0.2, -0.15) is 0 Å². The summed E-state index contributed by atoms with van der Waals surface area (Å²) in [5.74, 6) is -0.503. The van der Waals surface area contributed by atoms with Gasteiger partial charge in [0, 0.05) is 18.3 Å². The fourth-order valence-electron chi connectivity index (χ4n) is 2.30. The van der Waals surface area contributed by atoms with Crippen molar-refractivity contribution in [2.75, 3.05) is 18.6 Å². The van der Waals surface area contributed by atoms with Crippen LogP contribution in [0.25, 0.3) is 0 Å². The van der Waals surface area contributed by atoms with Gasteiger partial charge in [-0.25, -0.2) is 0 Å². The topological polar surface area (TPSA) is 63.7 Å². The fraction of sp³-hybridized carbons (Fsp3) is 0.400. The summed E-state index contributed by atoms with van der Waals surface area (Å²) in [6, 6.07) is 5.14. The van der Waals surface area contributed by atoms with Gasteiger partial charge in [-0.3, -0.25) is 14.4 Å². The molecule has 0 unspecified atom stereocenters. The van der Waals surface area contributed by atoms with E-state index in [0.717, 1.165) is 24.1 Å². The number of hydrogen-bond donors (Lipinski definition) is 0. The van der Waals surface area contributed by atoms with Crippen LogP contribution >= 0.6 is 0 Å². The van der Waals surface area contributed by atoms with Crippen LogP contribution in [0.3, 0.4) is 0 Å². The molecular formula is C15H15NO4. The minimum absolute atomic E-state index is 0.00547. The minimum Gasteiger partial charge on any atom is -0.457 e. The van der Waals surface area contributed by atoms with Crippen LogP contribution in [0.15, 0.2) is 18.2 Å². The summed E-state index contributed by atoms with van der Waals surface area (Å²) in [7, 11) is 1.72. The van der Waals surface area contributed by atoms with Crippen LogP contribution < -0.4 is 4.90 Å². The maximum Gasteiger partial charge on any atom is 0.309 e. The van der Waals surface area contributed by atoms with Crippen molar-refractivity contribution in [2.45, 2.75) is 19.3 Å². The second-order valence-corrected chi connectivity index (χ2v) is 5.28. The molecule has 2 aliphatic rings. The molecule has 20 heavy (non-hydrogen) atoms. The summed E-state index contributed by atoms with van der Waals surface area (Å²) in [5, 5.41) is 0. The molecule has 0 radical (unpaired) electrons. The van der Waals surface area contributed by atoms with Gasteiger partial charge in [0.2, 0.25) is 5.91 Å². The van der Waals surface area contributed by atoms with Gasteiger partial charge in [-0.1, -0.05) is 0 Å². The van der Waals surface area contributed by atoms with Crippen LogP contribution in [-0.2, 0) is 20.7 Å². The molecule has 5 heteroatoms. The molecule has 1 heterocycles. The van der Waals surface area contributed by atoms with Gasteiger partial charge in [0.25, 0.3) is 0 Å². The number of carbonyl (C=O) groups excluding carboxylic acids is 3. The first-order chi connectivity index (χ1) is 9.56. The number of Topliss-reactive ketones (excluding diaryl/α,β-unsaturated/α-hetero) is 1. The molecule has 104 valence electrons. The van der Waals surface area contributed by atoms with Gasteiger partial charge in [-0.15, -0.1) is 0 Å². The Morgan fingerprint density at radius 1 is 1.35 bits per heavy atom. The maximum absolute atomic E-state index is 12.0. The Labute approximate surface area is 116 Å². The van der Waals surface area contributed by atoms with Gasteiger partial charge in [0.05, 0.1) is 12.3 Å². The summed E-state index contributed by atoms with van der Waals surface area (Å²) < 4.78 is 4.98. The lowest BCUT2D eigenvalue weighted by Gasteiger charge is -2.10. The number of benzene rings is 1. The van der Waals surface area contributed by atoms with E-state index in [1.54, 1.807) is 30.1 Å². The van der Waals surface area contributed by atoms with Crippen LogP contribution in [0.4, 0.5) is 5.69 Å². The van der Waals surface area contributed by atoms with E-state index in [1.807, 2.05) is 0 Å². The van der Waals surface area contributed by atoms with Crippen molar-refractivity contribution in [2.24, 2.45) is 5.92 Å². The zero-order valence-electron chi connectivity index (χ0n) is 11.2. The molecular weight excluding hydrogens is 258 g/mol. The second-order valence-electron chi connectivity index (χ2n) is 5.28. The number of anilines is 1. The lowest BCUT2D eigenvalue weighted by atomic mass is 10.1. The third-order valence-corrected chi connectivity index (χ3v) is 3.73. The van der Waals surface area contributed by atoms with Crippen LogP contribution in [0, 0.1) is 5.92 Å². The van der Waals surface area contributed by atoms with Gasteiger partial charge in [-0.05, 0) is 36.6 Å². The molecule has 0 atom stereocenters. The van der Waals surface area contributed by atoms with Gasteiger partial charge in [0.1, 0.15) is 0 Å². The SMILES string of the molecule is CN1C(=O)Cc2cc(C(=O)COC(=O)C3CC3)ccc21. The smallest absolute Gasteiger partial charge is 0.309 e. The summed E-state index contributed by atoms with van der Waals surface area (Å²) in [6.45, 7) is -0.224. The molecule has 5 nitrogen and oxygen atoms in total. The molecule has 1 amide bonds. The molecule has 0 aromatic heterocycles. The number of hydrogen-bond acceptors (Lipinski definition) is 4. The maximum atomic E-state index is 12.0. The summed E-state index contributed by atoms with van der Waals surface area (Å²) >= 11 is 0. The van der Waals surface area contributed by atoms with E-state index in [-0.39, 0.29) is 30.2 Å². The number of amides is 1. The third kappa shape index (κ3) is 2.31. The number of ketones is 1. The van der Waals surface area contributed by atoms with Gasteiger partial charge < -0.3 is 9.64 Å². The van der Waals surface area contributed by atoms with Crippen LogP contribution in [0.2, 0.25) is 0 Å². The Balaban J connectivity index is 1.68. The minimum atomic E-state index is -0.283. The molecule has 0 bridgehead atoms. The molecule has 1 saturated carbocycles. The Hall–Kier alpha value is -2.17. The van der Waals surface area contributed by atoms with Crippen LogP contribution in [-0.4, -0.2) is 31.3 Å². The van der Waals surface area contributed by atoms with E-state index in [4.69, 9.17) is 4.74 Å². The highest BCUT2D eigenvalue weighted by Crippen LogP contribution is 2.30. The summed E-state index contributed by atoms with van der Waals surface area (Å²) in [5.41, 5.74) is 2.16. The fourth-order valence-corrected chi connectivity index (χ4v) is 2.30. The van der Waals surface area contributed by atoms with Gasteiger partial charge >= 0.3 is 5.97 Å². The Morgan fingerprint density at radius 2 is 2.10 bits per heavy atom.